The largest absolute Gasteiger partial charge is 0.494 e. The molecule has 124 valence electrons. The van der Waals surface area contributed by atoms with E-state index in [-0.39, 0.29) is 0 Å². The van der Waals surface area contributed by atoms with Crippen LogP contribution in [0.3, 0.4) is 0 Å². The Morgan fingerprint density at radius 2 is 1.75 bits per heavy atom. The minimum Gasteiger partial charge on any atom is -0.494 e. The number of nitrogens with one attached hydrogen (secondary N) is 1. The predicted molar refractivity (Wildman–Crippen MR) is 101 cm³/mol. The van der Waals surface area contributed by atoms with Gasteiger partial charge in [-0.25, -0.2) is 0 Å². The van der Waals surface area contributed by atoms with Gasteiger partial charge in [-0.3, -0.25) is 4.98 Å². The lowest BCUT2D eigenvalue weighted by Crippen LogP contribution is -1.97. The predicted octanol–water partition coefficient (Wildman–Crippen LogP) is 5.94. The molecule has 3 nitrogen and oxygen atoms in total. The van der Waals surface area contributed by atoms with E-state index in [9.17, 15) is 0 Å². The van der Waals surface area contributed by atoms with E-state index in [1.807, 2.05) is 42.6 Å². The highest BCUT2D eigenvalue weighted by atomic mass is 16.5. The van der Waals surface area contributed by atoms with Gasteiger partial charge in [-0.05, 0) is 42.8 Å². The molecule has 0 atom stereocenters. The van der Waals surface area contributed by atoms with Gasteiger partial charge in [0, 0.05) is 23.0 Å². The van der Waals surface area contributed by atoms with E-state index in [1.165, 1.54) is 19.3 Å². The quantitative estimate of drug-likeness (QED) is 0.522. The van der Waals surface area contributed by atoms with E-state index in [0.29, 0.717) is 0 Å². The van der Waals surface area contributed by atoms with Crippen LogP contribution in [0.2, 0.25) is 0 Å². The molecule has 2 aromatic carbocycles. The van der Waals surface area contributed by atoms with Gasteiger partial charge in [0.2, 0.25) is 0 Å². The zero-order valence-corrected chi connectivity index (χ0v) is 14.2. The highest BCUT2D eigenvalue weighted by Crippen LogP contribution is 2.26. The molecule has 0 fully saturated rings. The van der Waals surface area contributed by atoms with Crippen molar-refractivity contribution in [3.05, 3.63) is 60.8 Å². The summed E-state index contributed by atoms with van der Waals surface area (Å²) >= 11 is 0. The zero-order chi connectivity index (χ0) is 16.6. The number of benzene rings is 2. The normalized spacial score (nSPS) is 10.7. The van der Waals surface area contributed by atoms with Gasteiger partial charge in [-0.1, -0.05) is 44.4 Å². The molecule has 0 saturated carbocycles. The SMILES string of the molecule is CCCCCCOc1ccc(Nc2ccnc3ccccc23)cc1. The molecule has 1 heterocycles. The van der Waals surface area contributed by atoms with Crippen LogP contribution in [-0.4, -0.2) is 11.6 Å². The van der Waals surface area contributed by atoms with Crippen LogP contribution in [0.1, 0.15) is 32.6 Å². The van der Waals surface area contributed by atoms with E-state index < -0.39 is 0 Å². The fourth-order valence-corrected chi connectivity index (χ4v) is 2.71. The average molecular weight is 320 g/mol. The summed E-state index contributed by atoms with van der Waals surface area (Å²) in [7, 11) is 0. The number of hydrogen-bond donors (Lipinski definition) is 1. The Balaban J connectivity index is 1.61. The number of ether oxygens (including phenoxy) is 1. The number of anilines is 2. The van der Waals surface area contributed by atoms with Gasteiger partial charge in [0.25, 0.3) is 0 Å². The summed E-state index contributed by atoms with van der Waals surface area (Å²) < 4.78 is 5.79. The first-order chi connectivity index (χ1) is 11.9. The van der Waals surface area contributed by atoms with Crippen molar-refractivity contribution < 1.29 is 4.74 Å². The van der Waals surface area contributed by atoms with E-state index in [4.69, 9.17) is 4.74 Å². The van der Waals surface area contributed by atoms with Crippen molar-refractivity contribution in [3.8, 4) is 5.75 Å². The molecule has 0 amide bonds. The third kappa shape index (κ3) is 4.25. The van der Waals surface area contributed by atoms with Gasteiger partial charge in [0.15, 0.2) is 0 Å². The lowest BCUT2D eigenvalue weighted by molar-refractivity contribution is 0.305. The summed E-state index contributed by atoms with van der Waals surface area (Å²) in [4.78, 5) is 4.39. The molecule has 3 aromatic rings. The van der Waals surface area contributed by atoms with E-state index >= 15 is 0 Å². The topological polar surface area (TPSA) is 34.1 Å². The number of unbranched alkanes of at least 4 members (excludes halogenated alkanes) is 3. The fourth-order valence-electron chi connectivity index (χ4n) is 2.71. The van der Waals surface area contributed by atoms with Crippen LogP contribution >= 0.6 is 0 Å². The van der Waals surface area contributed by atoms with Crippen molar-refractivity contribution in [2.75, 3.05) is 11.9 Å². The standard InChI is InChI=1S/C21H24N2O/c1-2-3-4-7-16-24-18-12-10-17(11-13-18)23-21-14-15-22-20-9-6-5-8-19(20)21/h5-6,8-15H,2-4,7,16H2,1H3,(H,22,23). The summed E-state index contributed by atoms with van der Waals surface area (Å²) in [5.74, 6) is 0.927. The fraction of sp³-hybridized carbons (Fsp3) is 0.286. The molecular formula is C21H24N2O. The second-order valence-corrected chi connectivity index (χ2v) is 5.93. The molecular weight excluding hydrogens is 296 g/mol. The van der Waals surface area contributed by atoms with E-state index in [0.717, 1.165) is 41.1 Å². The van der Waals surface area contributed by atoms with Crippen molar-refractivity contribution >= 4 is 22.3 Å². The summed E-state index contributed by atoms with van der Waals surface area (Å²) in [6.45, 7) is 3.01. The van der Waals surface area contributed by atoms with Crippen LogP contribution in [0.25, 0.3) is 10.9 Å². The summed E-state index contributed by atoms with van der Waals surface area (Å²) in [6.07, 6.45) is 6.73. The molecule has 0 spiro atoms. The Hall–Kier alpha value is -2.55. The van der Waals surface area contributed by atoms with Gasteiger partial charge in [-0.15, -0.1) is 0 Å². The number of pyridine rings is 1. The maximum Gasteiger partial charge on any atom is 0.119 e. The van der Waals surface area contributed by atoms with Gasteiger partial charge in [0.1, 0.15) is 5.75 Å². The highest BCUT2D eigenvalue weighted by Gasteiger charge is 2.02. The Morgan fingerprint density at radius 1 is 0.917 bits per heavy atom. The molecule has 0 radical (unpaired) electrons. The molecule has 0 bridgehead atoms. The summed E-state index contributed by atoms with van der Waals surface area (Å²) in [6, 6.07) is 18.3. The third-order valence-corrected chi connectivity index (χ3v) is 4.05. The molecule has 0 unspecified atom stereocenters. The Kier molecular flexibility index (Phi) is 5.67. The maximum absolute atomic E-state index is 5.79. The second-order valence-electron chi connectivity index (χ2n) is 5.93. The molecule has 0 aliphatic carbocycles. The smallest absolute Gasteiger partial charge is 0.119 e. The molecule has 24 heavy (non-hydrogen) atoms. The van der Waals surface area contributed by atoms with Crippen molar-refractivity contribution in [1.29, 1.82) is 0 Å². The lowest BCUT2D eigenvalue weighted by Gasteiger charge is -2.11. The van der Waals surface area contributed by atoms with Gasteiger partial charge in [0.05, 0.1) is 12.1 Å². The molecule has 1 aromatic heterocycles. The Labute approximate surface area is 143 Å². The molecule has 0 aliphatic heterocycles. The average Bonchev–Trinajstić information content (AvgIpc) is 2.63. The monoisotopic (exact) mass is 320 g/mol. The summed E-state index contributed by atoms with van der Waals surface area (Å²) in [5, 5.41) is 4.58. The van der Waals surface area contributed by atoms with Crippen LogP contribution in [0, 0.1) is 0 Å². The van der Waals surface area contributed by atoms with Crippen LogP contribution < -0.4 is 10.1 Å². The second kappa shape index (κ2) is 8.34. The minimum absolute atomic E-state index is 0.793. The van der Waals surface area contributed by atoms with E-state index in [1.54, 1.807) is 0 Å². The first kappa shape index (κ1) is 16.3. The van der Waals surface area contributed by atoms with Crippen molar-refractivity contribution in [3.63, 3.8) is 0 Å². The Morgan fingerprint density at radius 3 is 2.58 bits per heavy atom. The van der Waals surface area contributed by atoms with Gasteiger partial charge < -0.3 is 10.1 Å². The van der Waals surface area contributed by atoms with Crippen molar-refractivity contribution in [2.24, 2.45) is 0 Å². The first-order valence-electron chi connectivity index (χ1n) is 8.70. The van der Waals surface area contributed by atoms with Crippen molar-refractivity contribution in [1.82, 2.24) is 4.98 Å². The number of rotatable bonds is 8. The van der Waals surface area contributed by atoms with Gasteiger partial charge in [-0.2, -0.15) is 0 Å². The maximum atomic E-state index is 5.79. The Bertz CT molecular complexity index is 763. The zero-order valence-electron chi connectivity index (χ0n) is 14.2. The van der Waals surface area contributed by atoms with Crippen molar-refractivity contribution in [2.45, 2.75) is 32.6 Å². The lowest BCUT2D eigenvalue weighted by atomic mass is 10.2. The van der Waals surface area contributed by atoms with Crippen LogP contribution in [0.5, 0.6) is 5.75 Å². The third-order valence-electron chi connectivity index (χ3n) is 4.05. The van der Waals surface area contributed by atoms with E-state index in [2.05, 4.69) is 35.4 Å². The van der Waals surface area contributed by atoms with Crippen LogP contribution in [0.15, 0.2) is 60.8 Å². The molecule has 0 saturated heterocycles. The van der Waals surface area contributed by atoms with Gasteiger partial charge >= 0.3 is 0 Å². The number of nitrogens with zero attached hydrogens (tertiary/aromatic N) is 1. The van der Waals surface area contributed by atoms with Crippen LogP contribution in [0.4, 0.5) is 11.4 Å². The number of para-hydroxylation sites is 1. The minimum atomic E-state index is 0.793. The highest BCUT2D eigenvalue weighted by molar-refractivity contribution is 5.92. The number of aromatic nitrogens is 1. The molecule has 3 heteroatoms. The number of hydrogen-bond acceptors (Lipinski definition) is 3. The first-order valence-corrected chi connectivity index (χ1v) is 8.70. The molecule has 1 N–H and O–H groups in total. The number of fused-ring (bicyclic) bond motifs is 1. The van der Waals surface area contributed by atoms with Crippen LogP contribution in [-0.2, 0) is 0 Å². The molecule has 3 rings (SSSR count). The molecule has 0 aliphatic rings. The summed E-state index contributed by atoms with van der Waals surface area (Å²) in [5.41, 5.74) is 3.10.